The zero-order chi connectivity index (χ0) is 10.1. The maximum Gasteiger partial charge on any atom is 0.346 e. The van der Waals surface area contributed by atoms with Gasteiger partial charge in [0.15, 0.2) is 0 Å². The number of aromatic nitrogens is 3. The number of aryl methyl sites for hydroxylation is 1. The van der Waals surface area contributed by atoms with Crippen LogP contribution in [0.3, 0.4) is 0 Å². The fourth-order valence-electron chi connectivity index (χ4n) is 1.35. The lowest BCUT2D eigenvalue weighted by Gasteiger charge is -2.04. The molecule has 2 heterocycles. The predicted molar refractivity (Wildman–Crippen MR) is 53.7 cm³/mol. The Morgan fingerprint density at radius 1 is 1.57 bits per heavy atom. The second kappa shape index (κ2) is 3.02. The molecule has 0 atom stereocenters. The van der Waals surface area contributed by atoms with E-state index in [2.05, 4.69) is 9.97 Å². The van der Waals surface area contributed by atoms with Gasteiger partial charge in [0.1, 0.15) is 5.82 Å². The molecular weight excluding hydrogens is 180 g/mol. The number of nitrogen functional groups attached to an aromatic ring is 1. The Labute approximate surface area is 80.2 Å². The van der Waals surface area contributed by atoms with Crippen LogP contribution in [0.15, 0.2) is 29.3 Å². The SMILES string of the molecule is Cn1cccc1-c1cnc(=O)[nH]c1N. The Kier molecular flexibility index (Phi) is 1.85. The monoisotopic (exact) mass is 190 g/mol. The molecule has 2 aromatic rings. The summed E-state index contributed by atoms with van der Waals surface area (Å²) in [7, 11) is 1.90. The molecule has 0 saturated heterocycles. The summed E-state index contributed by atoms with van der Waals surface area (Å²) >= 11 is 0. The van der Waals surface area contributed by atoms with Gasteiger partial charge in [-0.2, -0.15) is 0 Å². The molecule has 2 rings (SSSR count). The van der Waals surface area contributed by atoms with Gasteiger partial charge in [-0.05, 0) is 12.1 Å². The molecule has 0 unspecified atom stereocenters. The normalized spacial score (nSPS) is 10.4. The summed E-state index contributed by atoms with van der Waals surface area (Å²) in [5, 5.41) is 0. The van der Waals surface area contributed by atoms with Crippen LogP contribution in [0.25, 0.3) is 11.3 Å². The molecule has 2 aromatic heterocycles. The summed E-state index contributed by atoms with van der Waals surface area (Å²) in [4.78, 5) is 16.9. The maximum atomic E-state index is 10.8. The van der Waals surface area contributed by atoms with Crippen molar-refractivity contribution < 1.29 is 0 Å². The lowest BCUT2D eigenvalue weighted by molar-refractivity contribution is 0.932. The molecule has 5 nitrogen and oxygen atoms in total. The molecule has 0 aliphatic carbocycles. The van der Waals surface area contributed by atoms with Crippen molar-refractivity contribution in [3.05, 3.63) is 35.0 Å². The number of nitrogens with zero attached hydrogens (tertiary/aromatic N) is 2. The average Bonchev–Trinajstić information content (AvgIpc) is 2.52. The molecule has 0 aliphatic rings. The highest BCUT2D eigenvalue weighted by Gasteiger charge is 2.06. The van der Waals surface area contributed by atoms with Crippen molar-refractivity contribution in [3.63, 3.8) is 0 Å². The summed E-state index contributed by atoms with van der Waals surface area (Å²) in [5.74, 6) is 0.340. The van der Waals surface area contributed by atoms with Crippen molar-refractivity contribution in [2.45, 2.75) is 0 Å². The number of rotatable bonds is 1. The highest BCUT2D eigenvalue weighted by atomic mass is 16.1. The highest BCUT2D eigenvalue weighted by molar-refractivity contribution is 5.70. The minimum Gasteiger partial charge on any atom is -0.385 e. The number of H-pyrrole nitrogens is 1. The summed E-state index contributed by atoms with van der Waals surface area (Å²) < 4.78 is 1.91. The third-order valence-corrected chi connectivity index (χ3v) is 2.06. The van der Waals surface area contributed by atoms with Gasteiger partial charge in [0.05, 0.1) is 11.3 Å². The van der Waals surface area contributed by atoms with Crippen LogP contribution < -0.4 is 11.4 Å². The molecule has 5 heteroatoms. The largest absolute Gasteiger partial charge is 0.385 e. The molecule has 72 valence electrons. The molecule has 0 amide bonds. The van der Waals surface area contributed by atoms with E-state index in [0.717, 1.165) is 11.3 Å². The van der Waals surface area contributed by atoms with E-state index in [1.54, 1.807) is 0 Å². The van der Waals surface area contributed by atoms with Crippen LogP contribution in [0.1, 0.15) is 0 Å². The Morgan fingerprint density at radius 2 is 2.36 bits per heavy atom. The fraction of sp³-hybridized carbons (Fsp3) is 0.111. The van der Waals surface area contributed by atoms with Crippen LogP contribution >= 0.6 is 0 Å². The molecule has 14 heavy (non-hydrogen) atoms. The number of anilines is 1. The molecule has 0 fully saturated rings. The first-order chi connectivity index (χ1) is 6.68. The molecule has 3 N–H and O–H groups in total. The first-order valence-electron chi connectivity index (χ1n) is 4.15. The van der Waals surface area contributed by atoms with Crippen LogP contribution in [0.4, 0.5) is 5.82 Å². The van der Waals surface area contributed by atoms with Gasteiger partial charge >= 0.3 is 5.69 Å². The van der Waals surface area contributed by atoms with E-state index >= 15 is 0 Å². The second-order valence-corrected chi connectivity index (χ2v) is 3.02. The number of hydrogen-bond donors (Lipinski definition) is 2. The summed E-state index contributed by atoms with van der Waals surface area (Å²) in [5.41, 5.74) is 6.90. The van der Waals surface area contributed by atoms with Gasteiger partial charge in [-0.3, -0.25) is 4.98 Å². The number of hydrogen-bond acceptors (Lipinski definition) is 3. The molecule has 0 spiro atoms. The van der Waals surface area contributed by atoms with Crippen molar-refractivity contribution in [1.82, 2.24) is 14.5 Å². The van der Waals surface area contributed by atoms with Gasteiger partial charge in [-0.25, -0.2) is 9.78 Å². The zero-order valence-electron chi connectivity index (χ0n) is 7.69. The third kappa shape index (κ3) is 1.28. The third-order valence-electron chi connectivity index (χ3n) is 2.06. The standard InChI is InChI=1S/C9H10N4O/c1-13-4-2-3-7(13)6-5-11-9(14)12-8(6)10/h2-5H,1H3,(H3,10,11,12,14). The van der Waals surface area contributed by atoms with E-state index in [1.807, 2.05) is 29.9 Å². The van der Waals surface area contributed by atoms with Crippen molar-refractivity contribution in [2.75, 3.05) is 5.73 Å². The van der Waals surface area contributed by atoms with Gasteiger partial charge < -0.3 is 10.3 Å². The Bertz CT molecular complexity index is 512. The first kappa shape index (κ1) is 8.55. The van der Waals surface area contributed by atoms with Crippen LogP contribution in [-0.4, -0.2) is 14.5 Å². The highest BCUT2D eigenvalue weighted by Crippen LogP contribution is 2.21. The first-order valence-corrected chi connectivity index (χ1v) is 4.15. The lowest BCUT2D eigenvalue weighted by atomic mass is 10.2. The van der Waals surface area contributed by atoms with Crippen LogP contribution in [0, 0.1) is 0 Å². The molecule has 0 aliphatic heterocycles. The Balaban J connectivity index is 2.63. The van der Waals surface area contributed by atoms with Crippen molar-refractivity contribution in [3.8, 4) is 11.3 Å². The van der Waals surface area contributed by atoms with E-state index in [4.69, 9.17) is 5.73 Å². The summed E-state index contributed by atoms with van der Waals surface area (Å²) in [6, 6.07) is 3.81. The van der Waals surface area contributed by atoms with Crippen molar-refractivity contribution in [2.24, 2.45) is 7.05 Å². The molecule has 0 aromatic carbocycles. The predicted octanol–water partition coefficient (Wildman–Crippen LogP) is 0.358. The fourth-order valence-corrected chi connectivity index (χ4v) is 1.35. The maximum absolute atomic E-state index is 10.8. The smallest absolute Gasteiger partial charge is 0.346 e. The van der Waals surface area contributed by atoms with Gasteiger partial charge in [0.25, 0.3) is 0 Å². The minimum atomic E-state index is -0.430. The second-order valence-electron chi connectivity index (χ2n) is 3.02. The Morgan fingerprint density at radius 3 is 2.93 bits per heavy atom. The molecular formula is C9H10N4O. The van der Waals surface area contributed by atoms with E-state index in [9.17, 15) is 4.79 Å². The Hall–Kier alpha value is -2.04. The van der Waals surface area contributed by atoms with E-state index < -0.39 is 5.69 Å². The molecule has 0 bridgehead atoms. The zero-order valence-corrected chi connectivity index (χ0v) is 7.69. The van der Waals surface area contributed by atoms with Gasteiger partial charge in [0.2, 0.25) is 0 Å². The lowest BCUT2D eigenvalue weighted by Crippen LogP contribution is -2.13. The summed E-state index contributed by atoms with van der Waals surface area (Å²) in [6.45, 7) is 0. The summed E-state index contributed by atoms with van der Waals surface area (Å²) in [6.07, 6.45) is 3.38. The van der Waals surface area contributed by atoms with Crippen LogP contribution in [0.2, 0.25) is 0 Å². The quantitative estimate of drug-likeness (QED) is 0.681. The van der Waals surface area contributed by atoms with Crippen LogP contribution in [-0.2, 0) is 7.05 Å². The van der Waals surface area contributed by atoms with Crippen molar-refractivity contribution in [1.29, 1.82) is 0 Å². The molecule has 0 saturated carbocycles. The van der Waals surface area contributed by atoms with Gasteiger partial charge in [-0.15, -0.1) is 0 Å². The van der Waals surface area contributed by atoms with Gasteiger partial charge in [0, 0.05) is 19.4 Å². The number of aromatic amines is 1. The molecule has 0 radical (unpaired) electrons. The number of nitrogens with two attached hydrogens (primary N) is 1. The average molecular weight is 190 g/mol. The van der Waals surface area contributed by atoms with E-state index in [1.165, 1.54) is 6.20 Å². The number of nitrogens with one attached hydrogen (secondary N) is 1. The minimum absolute atomic E-state index is 0.340. The van der Waals surface area contributed by atoms with E-state index in [0.29, 0.717) is 5.82 Å². The van der Waals surface area contributed by atoms with Crippen molar-refractivity contribution >= 4 is 5.82 Å². The van der Waals surface area contributed by atoms with Crippen LogP contribution in [0.5, 0.6) is 0 Å². The van der Waals surface area contributed by atoms with E-state index in [-0.39, 0.29) is 0 Å². The topological polar surface area (TPSA) is 76.7 Å². The van der Waals surface area contributed by atoms with Gasteiger partial charge in [-0.1, -0.05) is 0 Å².